The molecule has 0 amide bonds. The van der Waals surface area contributed by atoms with Crippen molar-refractivity contribution >= 4 is 31.3 Å². The molecule has 0 aliphatic carbocycles. The lowest BCUT2D eigenvalue weighted by Crippen LogP contribution is -1.96. The summed E-state index contributed by atoms with van der Waals surface area (Å²) in [6, 6.07) is 3.20. The summed E-state index contributed by atoms with van der Waals surface area (Å²) >= 11 is 5.80. The fourth-order valence-electron chi connectivity index (χ4n) is 1.04. The number of hydrogen-bond donors (Lipinski definition) is 0. The molecule has 0 saturated carbocycles. The first-order chi connectivity index (χ1) is 5.82. The molecule has 0 aliphatic heterocycles. The molecule has 0 bridgehead atoms. The fraction of sp³-hybridized carbons (Fsp3) is 0.250. The SMILES string of the molecule is Cc1cc(Cl)c(C)c(S(=O)(=O)Cl)c1. The highest BCUT2D eigenvalue weighted by Crippen LogP contribution is 2.27. The van der Waals surface area contributed by atoms with Gasteiger partial charge < -0.3 is 0 Å². The van der Waals surface area contributed by atoms with E-state index in [0.717, 1.165) is 5.56 Å². The number of aryl methyl sites for hydroxylation is 1. The van der Waals surface area contributed by atoms with Crippen LogP contribution in [0.15, 0.2) is 17.0 Å². The van der Waals surface area contributed by atoms with E-state index < -0.39 is 9.05 Å². The van der Waals surface area contributed by atoms with Gasteiger partial charge in [-0.25, -0.2) is 8.42 Å². The number of hydrogen-bond acceptors (Lipinski definition) is 2. The smallest absolute Gasteiger partial charge is 0.207 e. The summed E-state index contributed by atoms with van der Waals surface area (Å²) in [7, 11) is 1.53. The average molecular weight is 239 g/mol. The second-order valence-electron chi connectivity index (χ2n) is 2.81. The Balaban J connectivity index is 3.56. The lowest BCUT2D eigenvalue weighted by molar-refractivity contribution is 0.609. The summed E-state index contributed by atoms with van der Waals surface area (Å²) in [5, 5.41) is 0.416. The van der Waals surface area contributed by atoms with E-state index in [4.69, 9.17) is 22.3 Å². The Labute approximate surface area is 86.9 Å². The first-order valence-corrected chi connectivity index (χ1v) is 6.22. The molecule has 13 heavy (non-hydrogen) atoms. The van der Waals surface area contributed by atoms with Gasteiger partial charge in [0.25, 0.3) is 9.05 Å². The molecule has 2 nitrogen and oxygen atoms in total. The monoisotopic (exact) mass is 238 g/mol. The van der Waals surface area contributed by atoms with Crippen LogP contribution in [0.5, 0.6) is 0 Å². The zero-order chi connectivity index (χ0) is 10.2. The second kappa shape index (κ2) is 3.48. The van der Waals surface area contributed by atoms with Gasteiger partial charge in [-0.2, -0.15) is 0 Å². The predicted molar refractivity (Wildman–Crippen MR) is 54.0 cm³/mol. The molecule has 1 aromatic carbocycles. The van der Waals surface area contributed by atoms with Gasteiger partial charge in [-0.05, 0) is 37.1 Å². The number of benzene rings is 1. The van der Waals surface area contributed by atoms with Crippen molar-refractivity contribution in [1.29, 1.82) is 0 Å². The molecule has 0 heterocycles. The summed E-state index contributed by atoms with van der Waals surface area (Å²) in [4.78, 5) is 0.0826. The van der Waals surface area contributed by atoms with Gasteiger partial charge >= 0.3 is 0 Å². The summed E-state index contributed by atoms with van der Waals surface area (Å²) in [6.07, 6.45) is 0. The first-order valence-electron chi connectivity index (χ1n) is 3.54. The van der Waals surface area contributed by atoms with Crippen LogP contribution < -0.4 is 0 Å². The van der Waals surface area contributed by atoms with E-state index in [1.165, 1.54) is 6.07 Å². The van der Waals surface area contributed by atoms with E-state index in [-0.39, 0.29) is 4.90 Å². The van der Waals surface area contributed by atoms with Crippen molar-refractivity contribution in [3.05, 3.63) is 28.3 Å². The van der Waals surface area contributed by atoms with Crippen LogP contribution >= 0.6 is 22.3 Å². The highest BCUT2D eigenvalue weighted by Gasteiger charge is 2.15. The molecule has 0 saturated heterocycles. The standard InChI is InChI=1S/C8H8Cl2O2S/c1-5-3-7(9)6(2)8(4-5)13(10,11)12/h3-4H,1-2H3. The van der Waals surface area contributed by atoms with Gasteiger partial charge in [0.05, 0.1) is 4.90 Å². The molecule has 0 fully saturated rings. The Morgan fingerprint density at radius 2 is 1.77 bits per heavy atom. The fourth-order valence-corrected chi connectivity index (χ4v) is 2.65. The topological polar surface area (TPSA) is 34.1 Å². The van der Waals surface area contributed by atoms with Gasteiger partial charge in [-0.3, -0.25) is 0 Å². The molecule has 0 aliphatic rings. The molecule has 5 heteroatoms. The molecule has 0 N–H and O–H groups in total. The van der Waals surface area contributed by atoms with Crippen molar-refractivity contribution in [2.75, 3.05) is 0 Å². The maximum atomic E-state index is 11.1. The van der Waals surface area contributed by atoms with Crippen LogP contribution in [-0.2, 0) is 9.05 Å². The van der Waals surface area contributed by atoms with Crippen LogP contribution in [-0.4, -0.2) is 8.42 Å². The molecule has 1 aromatic rings. The predicted octanol–water partition coefficient (Wildman–Crippen LogP) is 2.88. The summed E-state index contributed by atoms with van der Waals surface area (Å²) in [5.74, 6) is 0. The lowest BCUT2D eigenvalue weighted by atomic mass is 10.2. The van der Waals surface area contributed by atoms with E-state index in [9.17, 15) is 8.42 Å². The molecule has 0 radical (unpaired) electrons. The van der Waals surface area contributed by atoms with Crippen LogP contribution in [0.2, 0.25) is 5.02 Å². The van der Waals surface area contributed by atoms with Gasteiger partial charge in [0.2, 0.25) is 0 Å². The molecular weight excluding hydrogens is 231 g/mol. The van der Waals surface area contributed by atoms with Gasteiger partial charge in [-0.15, -0.1) is 0 Å². The molecule has 1 rings (SSSR count). The van der Waals surface area contributed by atoms with E-state index in [1.54, 1.807) is 19.9 Å². The minimum absolute atomic E-state index is 0.0826. The first kappa shape index (κ1) is 10.8. The zero-order valence-corrected chi connectivity index (χ0v) is 9.46. The molecule has 0 atom stereocenters. The number of rotatable bonds is 1. The Morgan fingerprint density at radius 3 is 2.23 bits per heavy atom. The van der Waals surface area contributed by atoms with E-state index in [1.807, 2.05) is 0 Å². The van der Waals surface area contributed by atoms with E-state index in [2.05, 4.69) is 0 Å². The molecule has 72 valence electrons. The quantitative estimate of drug-likeness (QED) is 0.706. The van der Waals surface area contributed by atoms with Crippen molar-refractivity contribution in [2.24, 2.45) is 0 Å². The van der Waals surface area contributed by atoms with Crippen molar-refractivity contribution in [3.8, 4) is 0 Å². The van der Waals surface area contributed by atoms with E-state index >= 15 is 0 Å². The third-order valence-corrected chi connectivity index (χ3v) is 3.54. The van der Waals surface area contributed by atoms with Gasteiger partial charge in [-0.1, -0.05) is 11.6 Å². The Morgan fingerprint density at radius 1 is 1.23 bits per heavy atom. The largest absolute Gasteiger partial charge is 0.261 e. The molecular formula is C8H8Cl2O2S. The maximum Gasteiger partial charge on any atom is 0.261 e. The highest BCUT2D eigenvalue weighted by atomic mass is 35.7. The second-order valence-corrected chi connectivity index (χ2v) is 5.75. The minimum Gasteiger partial charge on any atom is -0.207 e. The molecule has 0 spiro atoms. The van der Waals surface area contributed by atoms with Gasteiger partial charge in [0, 0.05) is 15.7 Å². The Kier molecular flexibility index (Phi) is 2.90. The summed E-state index contributed by atoms with van der Waals surface area (Å²) in [5.41, 5.74) is 1.26. The third kappa shape index (κ3) is 2.36. The highest BCUT2D eigenvalue weighted by molar-refractivity contribution is 8.13. The Hall–Kier alpha value is -0.250. The van der Waals surface area contributed by atoms with Crippen LogP contribution in [0.25, 0.3) is 0 Å². The summed E-state index contributed by atoms with van der Waals surface area (Å²) < 4.78 is 22.1. The van der Waals surface area contributed by atoms with Crippen molar-refractivity contribution in [2.45, 2.75) is 18.7 Å². The van der Waals surface area contributed by atoms with Crippen molar-refractivity contribution in [3.63, 3.8) is 0 Å². The van der Waals surface area contributed by atoms with Crippen molar-refractivity contribution < 1.29 is 8.42 Å². The normalized spacial score (nSPS) is 11.7. The van der Waals surface area contributed by atoms with Crippen LogP contribution in [0.1, 0.15) is 11.1 Å². The third-order valence-electron chi connectivity index (χ3n) is 1.70. The summed E-state index contributed by atoms with van der Waals surface area (Å²) in [6.45, 7) is 3.38. The van der Waals surface area contributed by atoms with Gasteiger partial charge in [0.1, 0.15) is 0 Å². The minimum atomic E-state index is -3.69. The molecule has 0 aromatic heterocycles. The molecule has 0 unspecified atom stereocenters. The van der Waals surface area contributed by atoms with Crippen LogP contribution in [0, 0.1) is 13.8 Å². The lowest BCUT2D eigenvalue weighted by Gasteiger charge is -2.05. The van der Waals surface area contributed by atoms with Crippen LogP contribution in [0.3, 0.4) is 0 Å². The zero-order valence-electron chi connectivity index (χ0n) is 7.14. The van der Waals surface area contributed by atoms with Gasteiger partial charge in [0.15, 0.2) is 0 Å². The van der Waals surface area contributed by atoms with Crippen LogP contribution in [0.4, 0.5) is 0 Å². The van der Waals surface area contributed by atoms with E-state index in [0.29, 0.717) is 10.6 Å². The van der Waals surface area contributed by atoms with Crippen molar-refractivity contribution in [1.82, 2.24) is 0 Å². The Bertz CT molecular complexity index is 438. The maximum absolute atomic E-state index is 11.1. The number of halogens is 2. The average Bonchev–Trinajstić information content (AvgIpc) is 1.94.